The Morgan fingerprint density at radius 3 is 2.35 bits per heavy atom. The van der Waals surface area contributed by atoms with Gasteiger partial charge in [-0.1, -0.05) is 61.2 Å². The fourth-order valence-corrected chi connectivity index (χ4v) is 16.0. The average Bonchev–Trinajstić information content (AvgIpc) is 3.57. The number of benzene rings is 1. The van der Waals surface area contributed by atoms with Gasteiger partial charge in [0.25, 0.3) is 5.91 Å². The number of rotatable bonds is 15. The number of aromatic nitrogens is 5. The number of hydrogen-bond acceptors (Lipinski definition) is 7. The van der Waals surface area contributed by atoms with Crippen LogP contribution in [0.2, 0.25) is 42.3 Å². The maximum Gasteiger partial charge on any atom is 0.387 e. The Labute approximate surface area is 276 Å². The van der Waals surface area contributed by atoms with E-state index in [-0.39, 0.29) is 18.0 Å². The number of nitrogens with one attached hydrogen (secondary N) is 1. The van der Waals surface area contributed by atoms with Crippen molar-refractivity contribution < 1.29 is 23.0 Å². The van der Waals surface area contributed by atoms with Crippen LogP contribution in [0.1, 0.15) is 51.9 Å². The molecule has 0 saturated heterocycles. The molecular formula is C32H46F2N6O3SSi2. The molecule has 0 atom stereocenters. The summed E-state index contributed by atoms with van der Waals surface area (Å²) in [5, 5.41) is 11.7. The van der Waals surface area contributed by atoms with Crippen LogP contribution in [-0.4, -0.2) is 58.8 Å². The molecule has 1 amide bonds. The summed E-state index contributed by atoms with van der Waals surface area (Å²) in [6.45, 7) is 18.1. The van der Waals surface area contributed by atoms with E-state index >= 15 is 0 Å². The van der Waals surface area contributed by atoms with E-state index in [2.05, 4.69) is 81.7 Å². The number of nitrogens with zero attached hydrogens (tertiary/aromatic N) is 5. The monoisotopic (exact) mass is 688 g/mol. The Morgan fingerprint density at radius 2 is 1.72 bits per heavy atom. The maximum atomic E-state index is 13.8. The van der Waals surface area contributed by atoms with Crippen molar-refractivity contribution in [1.82, 2.24) is 24.4 Å². The summed E-state index contributed by atoms with van der Waals surface area (Å²) in [6.07, 6.45) is 6.24. The molecule has 1 aromatic carbocycles. The van der Waals surface area contributed by atoms with Crippen LogP contribution in [0.15, 0.2) is 53.9 Å². The van der Waals surface area contributed by atoms with E-state index in [0.717, 1.165) is 10.9 Å². The van der Waals surface area contributed by atoms with Crippen molar-refractivity contribution in [2.75, 3.05) is 11.9 Å². The number of anilines is 1. The zero-order valence-corrected chi connectivity index (χ0v) is 31.0. The van der Waals surface area contributed by atoms with Gasteiger partial charge < -0.3 is 14.8 Å². The summed E-state index contributed by atoms with van der Waals surface area (Å²) >= 11 is 1.88. The summed E-state index contributed by atoms with van der Waals surface area (Å²) in [4.78, 5) is 18.8. The lowest BCUT2D eigenvalue weighted by molar-refractivity contribution is -0.0495. The second kappa shape index (κ2) is 14.8. The Kier molecular flexibility index (Phi) is 11.5. The molecule has 250 valence electrons. The van der Waals surface area contributed by atoms with Crippen molar-refractivity contribution >= 4 is 43.8 Å². The number of carbonyl (C=O) groups is 1. The zero-order valence-electron chi connectivity index (χ0n) is 28.2. The Balaban J connectivity index is 1.82. The third-order valence-electron chi connectivity index (χ3n) is 8.25. The minimum absolute atomic E-state index is 0.0118. The molecule has 4 rings (SSSR count). The van der Waals surface area contributed by atoms with E-state index in [9.17, 15) is 13.6 Å². The fourth-order valence-electron chi connectivity index (χ4n) is 6.08. The van der Waals surface area contributed by atoms with Gasteiger partial charge in [0, 0.05) is 37.5 Å². The minimum atomic E-state index is -3.04. The second-order valence-corrected chi connectivity index (χ2v) is 27.8. The lowest BCUT2D eigenvalue weighted by Crippen LogP contribution is -2.40. The molecule has 0 aliphatic rings. The zero-order chi connectivity index (χ0) is 33.8. The molecule has 0 spiro atoms. The van der Waals surface area contributed by atoms with Crippen LogP contribution >= 0.6 is 11.2 Å². The van der Waals surface area contributed by atoms with Crippen molar-refractivity contribution in [3.8, 4) is 17.0 Å². The van der Waals surface area contributed by atoms with E-state index in [0.29, 0.717) is 45.8 Å². The highest BCUT2D eigenvalue weighted by molar-refractivity contribution is 8.29. The van der Waals surface area contributed by atoms with Crippen LogP contribution in [-0.2, 0) is 11.5 Å². The fraction of sp³-hybridized carbons (Fsp3) is 0.500. The van der Waals surface area contributed by atoms with Crippen molar-refractivity contribution in [1.29, 1.82) is 0 Å². The van der Waals surface area contributed by atoms with E-state index in [1.807, 2.05) is 23.3 Å². The Hall–Kier alpha value is -3.08. The summed E-state index contributed by atoms with van der Waals surface area (Å²) in [5.74, 6) is -0.468. The van der Waals surface area contributed by atoms with Crippen LogP contribution < -0.4 is 10.1 Å². The van der Waals surface area contributed by atoms with Crippen LogP contribution in [0, 0.1) is 0 Å². The lowest BCUT2D eigenvalue weighted by atomic mass is 10.1. The predicted molar refractivity (Wildman–Crippen MR) is 186 cm³/mol. The Bertz CT molecular complexity index is 1620. The van der Waals surface area contributed by atoms with Crippen LogP contribution in [0.25, 0.3) is 16.9 Å². The number of carbonyl (C=O) groups excluding carboxylic acids is 1. The quantitative estimate of drug-likeness (QED) is 0.0984. The predicted octanol–water partition coefficient (Wildman–Crippen LogP) is 9.03. The van der Waals surface area contributed by atoms with E-state index in [1.165, 1.54) is 16.9 Å². The highest BCUT2D eigenvalue weighted by atomic mass is 32.4. The van der Waals surface area contributed by atoms with E-state index in [4.69, 9.17) is 9.47 Å². The third-order valence-corrected chi connectivity index (χ3v) is 22.2. The third kappa shape index (κ3) is 8.07. The van der Waals surface area contributed by atoms with Crippen molar-refractivity contribution in [3.05, 3.63) is 54.6 Å². The molecule has 0 radical (unpaired) electrons. The molecule has 3 heterocycles. The first kappa shape index (κ1) is 35.8. The van der Waals surface area contributed by atoms with E-state index < -0.39 is 27.8 Å². The van der Waals surface area contributed by atoms with Crippen molar-refractivity contribution in [2.24, 2.45) is 0 Å². The number of amides is 1. The second-order valence-electron chi connectivity index (χ2n) is 13.6. The van der Waals surface area contributed by atoms with Gasteiger partial charge in [0.05, 0.1) is 23.8 Å². The summed E-state index contributed by atoms with van der Waals surface area (Å²) in [5.41, 5.74) is 3.20. The molecule has 0 aliphatic heterocycles. The molecule has 3 aromatic heterocycles. The summed E-state index contributed by atoms with van der Waals surface area (Å²) in [6, 6.07) is 8.01. The number of halogens is 2. The first-order chi connectivity index (χ1) is 21.6. The van der Waals surface area contributed by atoms with Crippen molar-refractivity contribution in [2.45, 2.75) is 102 Å². The van der Waals surface area contributed by atoms with E-state index in [1.54, 1.807) is 29.2 Å². The van der Waals surface area contributed by atoms with Gasteiger partial charge >= 0.3 is 6.61 Å². The van der Waals surface area contributed by atoms with Crippen molar-refractivity contribution in [3.63, 3.8) is 0 Å². The van der Waals surface area contributed by atoms with Gasteiger partial charge in [0.1, 0.15) is 25.3 Å². The molecule has 0 aliphatic carbocycles. The molecule has 46 heavy (non-hydrogen) atoms. The standard InChI is InChI=1S/C32H46F2N6O3SSi2/c1-21(2)46(22(3)4,23(5)6)44-24-11-12-28(43-32(33)34)25(17-24)29-27(19-37-40(29)20-42-15-16-45(7,8)9)38-31(41)26-18-36-39-14-10-13-35-30(26)39/h10-14,17-19,21-23,32H,15-16,20H2,1-9H3,(H,38,41). The minimum Gasteiger partial charge on any atom is -0.434 e. The lowest BCUT2D eigenvalue weighted by Gasteiger charge is -2.42. The molecule has 14 heteroatoms. The molecule has 1 N–H and O–H groups in total. The normalized spacial score (nSPS) is 12.7. The Morgan fingerprint density at radius 1 is 1.02 bits per heavy atom. The number of ether oxygens (including phenoxy) is 2. The average molecular weight is 689 g/mol. The van der Waals surface area contributed by atoms with Gasteiger partial charge in [-0.3, -0.25) is 4.79 Å². The molecule has 0 bridgehead atoms. The van der Waals surface area contributed by atoms with Crippen LogP contribution in [0.4, 0.5) is 14.5 Å². The molecule has 0 fully saturated rings. The smallest absolute Gasteiger partial charge is 0.387 e. The maximum absolute atomic E-state index is 13.8. The van der Waals surface area contributed by atoms with Gasteiger partial charge in [0.2, 0.25) is 0 Å². The van der Waals surface area contributed by atoms with Gasteiger partial charge in [-0.2, -0.15) is 30.2 Å². The SMILES string of the molecule is CC(C)[Si](Sc1ccc(OC(F)F)c(-c2c(NC(=O)c3cnn4cccnc34)cnn2COCC[Si](C)(C)C)c1)(C(C)C)C(C)C. The van der Waals surface area contributed by atoms with Gasteiger partial charge in [-0.15, -0.1) is 0 Å². The van der Waals surface area contributed by atoms with Crippen LogP contribution in [0.3, 0.4) is 0 Å². The first-order valence-corrected chi connectivity index (χ1v) is 23.1. The first-order valence-electron chi connectivity index (χ1n) is 15.7. The van der Waals surface area contributed by atoms with Gasteiger partial charge in [-0.25, -0.2) is 14.2 Å². The molecule has 9 nitrogen and oxygen atoms in total. The number of hydrogen-bond donors (Lipinski definition) is 1. The van der Waals surface area contributed by atoms with Gasteiger partial charge in [-0.05, 0) is 46.9 Å². The highest BCUT2D eigenvalue weighted by Gasteiger charge is 2.44. The molecule has 0 unspecified atom stereocenters. The van der Waals surface area contributed by atoms with Crippen LogP contribution in [0.5, 0.6) is 5.75 Å². The molecular weight excluding hydrogens is 643 g/mol. The summed E-state index contributed by atoms with van der Waals surface area (Å²) in [7, 11) is -3.34. The molecule has 0 saturated carbocycles. The number of fused-ring (bicyclic) bond motifs is 1. The van der Waals surface area contributed by atoms with Gasteiger partial charge in [0.15, 0.2) is 5.65 Å². The highest BCUT2D eigenvalue weighted by Crippen LogP contribution is 2.53. The largest absolute Gasteiger partial charge is 0.434 e. The molecule has 4 aromatic rings. The summed E-state index contributed by atoms with van der Waals surface area (Å²) < 4.78 is 41.8. The topological polar surface area (TPSA) is 95.6 Å². The number of alkyl halides is 2.